The Hall–Kier alpha value is -0.410. The van der Waals surface area contributed by atoms with Gasteiger partial charge in [-0.2, -0.15) is 11.8 Å². The highest BCUT2D eigenvalue weighted by molar-refractivity contribution is 7.99. The van der Waals surface area contributed by atoms with Gasteiger partial charge in [0.25, 0.3) is 0 Å². The second-order valence-corrected chi connectivity index (χ2v) is 4.63. The van der Waals surface area contributed by atoms with Gasteiger partial charge in [0, 0.05) is 5.75 Å². The van der Waals surface area contributed by atoms with E-state index in [0.29, 0.717) is 0 Å². The van der Waals surface area contributed by atoms with Crippen LogP contribution in [0, 0.1) is 5.92 Å². The molecule has 1 aromatic heterocycles. The molecule has 13 heavy (non-hydrogen) atoms. The highest BCUT2D eigenvalue weighted by Crippen LogP contribution is 2.17. The SMILES string of the molecule is CC(C)CSCC(N)c1ccco1. The van der Waals surface area contributed by atoms with Gasteiger partial charge in [-0.05, 0) is 23.8 Å². The molecule has 0 saturated carbocycles. The van der Waals surface area contributed by atoms with Crippen LogP contribution in [0.3, 0.4) is 0 Å². The van der Waals surface area contributed by atoms with Crippen molar-refractivity contribution in [2.75, 3.05) is 11.5 Å². The van der Waals surface area contributed by atoms with Gasteiger partial charge in [-0.1, -0.05) is 13.8 Å². The number of hydrogen-bond acceptors (Lipinski definition) is 3. The van der Waals surface area contributed by atoms with Crippen LogP contribution in [0.4, 0.5) is 0 Å². The van der Waals surface area contributed by atoms with E-state index in [9.17, 15) is 0 Å². The minimum Gasteiger partial charge on any atom is -0.468 e. The van der Waals surface area contributed by atoms with Crippen LogP contribution in [0.25, 0.3) is 0 Å². The lowest BCUT2D eigenvalue weighted by atomic mass is 10.3. The third kappa shape index (κ3) is 3.87. The van der Waals surface area contributed by atoms with Gasteiger partial charge in [-0.15, -0.1) is 0 Å². The van der Waals surface area contributed by atoms with Crippen molar-refractivity contribution in [1.29, 1.82) is 0 Å². The molecule has 3 heteroatoms. The van der Waals surface area contributed by atoms with E-state index < -0.39 is 0 Å². The summed E-state index contributed by atoms with van der Waals surface area (Å²) >= 11 is 1.88. The summed E-state index contributed by atoms with van der Waals surface area (Å²) in [6.45, 7) is 4.43. The zero-order valence-electron chi connectivity index (χ0n) is 8.19. The van der Waals surface area contributed by atoms with Gasteiger partial charge >= 0.3 is 0 Å². The second-order valence-electron chi connectivity index (χ2n) is 3.55. The molecule has 0 amide bonds. The van der Waals surface area contributed by atoms with Gasteiger partial charge in [0.2, 0.25) is 0 Å². The molecular formula is C10H17NOS. The van der Waals surface area contributed by atoms with Crippen LogP contribution in [0.5, 0.6) is 0 Å². The average molecular weight is 199 g/mol. The maximum atomic E-state index is 5.91. The van der Waals surface area contributed by atoms with E-state index in [0.717, 1.165) is 23.2 Å². The van der Waals surface area contributed by atoms with Gasteiger partial charge in [0.15, 0.2) is 0 Å². The average Bonchev–Trinajstić information content (AvgIpc) is 2.55. The fraction of sp³-hybridized carbons (Fsp3) is 0.600. The van der Waals surface area contributed by atoms with Crippen molar-refractivity contribution in [3.8, 4) is 0 Å². The summed E-state index contributed by atoms with van der Waals surface area (Å²) in [4.78, 5) is 0. The molecule has 0 spiro atoms. The first-order chi connectivity index (χ1) is 6.20. The molecule has 1 heterocycles. The van der Waals surface area contributed by atoms with E-state index in [1.807, 2.05) is 23.9 Å². The lowest BCUT2D eigenvalue weighted by molar-refractivity contribution is 0.482. The van der Waals surface area contributed by atoms with E-state index >= 15 is 0 Å². The standard InChI is InChI=1S/C10H17NOS/c1-8(2)6-13-7-9(11)10-4-3-5-12-10/h3-5,8-9H,6-7,11H2,1-2H3. The van der Waals surface area contributed by atoms with E-state index in [1.54, 1.807) is 6.26 Å². The Bertz CT molecular complexity index is 221. The van der Waals surface area contributed by atoms with E-state index in [1.165, 1.54) is 0 Å². The van der Waals surface area contributed by atoms with Gasteiger partial charge in [0.1, 0.15) is 5.76 Å². The minimum atomic E-state index is 0.0405. The lowest BCUT2D eigenvalue weighted by Crippen LogP contribution is -2.12. The first kappa shape index (κ1) is 10.7. The van der Waals surface area contributed by atoms with Crippen LogP contribution in [0.1, 0.15) is 25.6 Å². The van der Waals surface area contributed by atoms with Crippen molar-refractivity contribution < 1.29 is 4.42 Å². The van der Waals surface area contributed by atoms with Gasteiger partial charge in [0.05, 0.1) is 12.3 Å². The molecule has 0 saturated heterocycles. The molecule has 1 atom stereocenters. The van der Waals surface area contributed by atoms with Crippen molar-refractivity contribution in [3.05, 3.63) is 24.2 Å². The molecular weight excluding hydrogens is 182 g/mol. The number of hydrogen-bond donors (Lipinski definition) is 1. The quantitative estimate of drug-likeness (QED) is 0.792. The Morgan fingerprint density at radius 1 is 1.46 bits per heavy atom. The molecule has 2 N–H and O–H groups in total. The smallest absolute Gasteiger partial charge is 0.121 e. The van der Waals surface area contributed by atoms with Crippen molar-refractivity contribution in [2.24, 2.45) is 11.7 Å². The van der Waals surface area contributed by atoms with E-state index in [-0.39, 0.29) is 6.04 Å². The Kier molecular flexibility index (Phi) is 4.39. The third-order valence-electron chi connectivity index (χ3n) is 1.66. The van der Waals surface area contributed by atoms with Crippen LogP contribution in [0.2, 0.25) is 0 Å². The number of nitrogens with two attached hydrogens (primary N) is 1. The fourth-order valence-electron chi connectivity index (χ4n) is 1.02. The molecule has 0 aromatic carbocycles. The summed E-state index contributed by atoms with van der Waals surface area (Å²) in [7, 11) is 0. The molecule has 2 nitrogen and oxygen atoms in total. The van der Waals surface area contributed by atoms with Crippen LogP contribution >= 0.6 is 11.8 Å². The molecule has 0 aliphatic heterocycles. The number of thioether (sulfide) groups is 1. The fourth-order valence-corrected chi connectivity index (χ4v) is 2.04. The van der Waals surface area contributed by atoms with Gasteiger partial charge in [-0.3, -0.25) is 0 Å². The Morgan fingerprint density at radius 3 is 2.77 bits per heavy atom. The first-order valence-corrected chi connectivity index (χ1v) is 5.72. The zero-order valence-corrected chi connectivity index (χ0v) is 9.01. The maximum Gasteiger partial charge on any atom is 0.121 e. The molecule has 0 aliphatic carbocycles. The normalized spacial score (nSPS) is 13.5. The Labute approximate surface area is 83.9 Å². The lowest BCUT2D eigenvalue weighted by Gasteiger charge is -2.09. The number of furan rings is 1. The van der Waals surface area contributed by atoms with E-state index in [2.05, 4.69) is 13.8 Å². The third-order valence-corrected chi connectivity index (χ3v) is 3.15. The van der Waals surface area contributed by atoms with Gasteiger partial charge in [-0.25, -0.2) is 0 Å². The summed E-state index contributed by atoms with van der Waals surface area (Å²) in [6.07, 6.45) is 1.67. The summed E-state index contributed by atoms with van der Waals surface area (Å²) in [6, 6.07) is 3.85. The topological polar surface area (TPSA) is 39.2 Å². The predicted octanol–water partition coefficient (Wildman–Crippen LogP) is 2.67. The monoisotopic (exact) mass is 199 g/mol. The summed E-state index contributed by atoms with van der Waals surface area (Å²) < 4.78 is 5.21. The zero-order chi connectivity index (χ0) is 9.68. The highest BCUT2D eigenvalue weighted by atomic mass is 32.2. The van der Waals surface area contributed by atoms with E-state index in [4.69, 9.17) is 10.2 Å². The second kappa shape index (κ2) is 5.35. The number of rotatable bonds is 5. The molecule has 74 valence electrons. The summed E-state index contributed by atoms with van der Waals surface area (Å²) in [5.41, 5.74) is 5.91. The van der Waals surface area contributed by atoms with Crippen molar-refractivity contribution in [2.45, 2.75) is 19.9 Å². The molecule has 0 bridgehead atoms. The molecule has 0 aliphatic rings. The predicted molar refractivity (Wildman–Crippen MR) is 57.8 cm³/mol. The van der Waals surface area contributed by atoms with Crippen molar-refractivity contribution in [3.63, 3.8) is 0 Å². The van der Waals surface area contributed by atoms with Crippen LogP contribution in [-0.2, 0) is 0 Å². The summed E-state index contributed by atoms with van der Waals surface area (Å²) in [5, 5.41) is 0. The van der Waals surface area contributed by atoms with Crippen LogP contribution < -0.4 is 5.73 Å². The molecule has 0 fully saturated rings. The molecule has 1 unspecified atom stereocenters. The minimum absolute atomic E-state index is 0.0405. The van der Waals surface area contributed by atoms with Crippen LogP contribution in [0.15, 0.2) is 22.8 Å². The van der Waals surface area contributed by atoms with Crippen molar-refractivity contribution in [1.82, 2.24) is 0 Å². The van der Waals surface area contributed by atoms with Gasteiger partial charge < -0.3 is 10.2 Å². The molecule has 0 radical (unpaired) electrons. The maximum absolute atomic E-state index is 5.91. The highest BCUT2D eigenvalue weighted by Gasteiger charge is 2.08. The van der Waals surface area contributed by atoms with Crippen LogP contribution in [-0.4, -0.2) is 11.5 Å². The Balaban J connectivity index is 2.22. The first-order valence-electron chi connectivity index (χ1n) is 4.57. The molecule has 1 rings (SSSR count). The molecule has 1 aromatic rings. The van der Waals surface area contributed by atoms with Crippen molar-refractivity contribution >= 4 is 11.8 Å². The summed E-state index contributed by atoms with van der Waals surface area (Å²) in [5.74, 6) is 3.71. The Morgan fingerprint density at radius 2 is 2.23 bits per heavy atom. The largest absolute Gasteiger partial charge is 0.468 e.